The van der Waals surface area contributed by atoms with Gasteiger partial charge in [-0.15, -0.1) is 0 Å². The molecule has 180 valence electrons. The van der Waals surface area contributed by atoms with Gasteiger partial charge in [-0.2, -0.15) is 0 Å². The number of nitrogens with zero attached hydrogens (tertiary/aromatic N) is 1. The van der Waals surface area contributed by atoms with Crippen LogP contribution in [0, 0.1) is 5.41 Å². The SMILES string of the molecule is CC(C)NC(=O)c1ccc2c(c1)Cc1cccc(c1)CN(CCC(C)(C)C)CCCCCO2. The lowest BCUT2D eigenvalue weighted by molar-refractivity contribution is 0.0943. The molecule has 0 atom stereocenters. The van der Waals surface area contributed by atoms with Crippen molar-refractivity contribution in [1.29, 1.82) is 0 Å². The first-order valence-corrected chi connectivity index (χ1v) is 12.6. The number of rotatable bonds is 4. The predicted molar refractivity (Wildman–Crippen MR) is 137 cm³/mol. The zero-order chi connectivity index (χ0) is 23.8. The second kappa shape index (κ2) is 11.7. The smallest absolute Gasteiger partial charge is 0.251 e. The molecule has 0 aromatic heterocycles. The van der Waals surface area contributed by atoms with E-state index in [4.69, 9.17) is 4.74 Å². The molecule has 4 heteroatoms. The van der Waals surface area contributed by atoms with E-state index >= 15 is 0 Å². The summed E-state index contributed by atoms with van der Waals surface area (Å²) >= 11 is 0. The van der Waals surface area contributed by atoms with Crippen LogP contribution >= 0.6 is 0 Å². The molecule has 1 N–H and O–H groups in total. The highest BCUT2D eigenvalue weighted by Crippen LogP contribution is 2.26. The van der Waals surface area contributed by atoms with Crippen molar-refractivity contribution in [2.45, 2.75) is 79.3 Å². The molecule has 0 spiro atoms. The molecule has 0 radical (unpaired) electrons. The maximum atomic E-state index is 12.6. The third kappa shape index (κ3) is 8.51. The van der Waals surface area contributed by atoms with Crippen molar-refractivity contribution in [3.8, 4) is 5.75 Å². The Kier molecular flexibility index (Phi) is 8.96. The van der Waals surface area contributed by atoms with E-state index in [1.54, 1.807) is 0 Å². The van der Waals surface area contributed by atoms with E-state index in [2.05, 4.69) is 55.3 Å². The maximum absolute atomic E-state index is 12.6. The Morgan fingerprint density at radius 2 is 1.85 bits per heavy atom. The Labute approximate surface area is 200 Å². The Balaban J connectivity index is 1.85. The molecule has 0 saturated carbocycles. The molecule has 0 saturated heterocycles. The summed E-state index contributed by atoms with van der Waals surface area (Å²) in [4.78, 5) is 15.2. The van der Waals surface area contributed by atoms with Crippen LogP contribution in [0.15, 0.2) is 42.5 Å². The van der Waals surface area contributed by atoms with Crippen LogP contribution in [0.25, 0.3) is 0 Å². The summed E-state index contributed by atoms with van der Waals surface area (Å²) in [6.45, 7) is 14.9. The lowest BCUT2D eigenvalue weighted by Crippen LogP contribution is -2.30. The van der Waals surface area contributed by atoms with E-state index in [1.807, 2.05) is 32.0 Å². The molecule has 1 aliphatic heterocycles. The molecule has 0 unspecified atom stereocenters. The lowest BCUT2D eigenvalue weighted by Gasteiger charge is -2.27. The van der Waals surface area contributed by atoms with Gasteiger partial charge in [0.25, 0.3) is 5.91 Å². The van der Waals surface area contributed by atoms with E-state index in [9.17, 15) is 4.79 Å². The Hall–Kier alpha value is -2.33. The van der Waals surface area contributed by atoms with E-state index < -0.39 is 0 Å². The van der Waals surface area contributed by atoms with Gasteiger partial charge in [0.1, 0.15) is 5.75 Å². The molecule has 2 aromatic carbocycles. The highest BCUT2D eigenvalue weighted by atomic mass is 16.5. The third-order valence-corrected chi connectivity index (χ3v) is 6.09. The first-order valence-electron chi connectivity index (χ1n) is 12.6. The summed E-state index contributed by atoms with van der Waals surface area (Å²) in [5.74, 6) is 0.862. The number of carbonyl (C=O) groups excluding carboxylic acids is 1. The number of carbonyl (C=O) groups is 1. The van der Waals surface area contributed by atoms with E-state index in [-0.39, 0.29) is 11.9 Å². The first kappa shape index (κ1) is 25.3. The molecule has 0 fully saturated rings. The van der Waals surface area contributed by atoms with Gasteiger partial charge in [0, 0.05) is 24.6 Å². The van der Waals surface area contributed by atoms with Crippen molar-refractivity contribution in [3.63, 3.8) is 0 Å². The standard InChI is InChI=1S/C29H42N2O2/c1-22(2)30-28(32)25-12-13-27-26(20-25)19-23-10-9-11-24(18-23)21-31(16-14-29(3,4)5)15-7-6-8-17-33-27/h9-13,18,20,22H,6-8,14-17,19,21H2,1-5H3,(H,30,32). The number of hydrogen-bond donors (Lipinski definition) is 1. The molecule has 2 bridgehead atoms. The summed E-state index contributed by atoms with van der Waals surface area (Å²) in [7, 11) is 0. The topological polar surface area (TPSA) is 41.6 Å². The quantitative estimate of drug-likeness (QED) is 0.601. The Morgan fingerprint density at radius 1 is 1.06 bits per heavy atom. The molecular formula is C29H42N2O2. The van der Waals surface area contributed by atoms with Crippen LogP contribution in [0.3, 0.4) is 0 Å². The van der Waals surface area contributed by atoms with Crippen molar-refractivity contribution >= 4 is 5.91 Å². The first-order chi connectivity index (χ1) is 15.7. The van der Waals surface area contributed by atoms with Crippen molar-refractivity contribution in [1.82, 2.24) is 10.2 Å². The number of fused-ring (bicyclic) bond motifs is 3. The van der Waals surface area contributed by atoms with Crippen LogP contribution in [0.5, 0.6) is 5.75 Å². The molecule has 2 aromatic rings. The van der Waals surface area contributed by atoms with Crippen molar-refractivity contribution < 1.29 is 9.53 Å². The second-order valence-electron chi connectivity index (χ2n) is 10.9. The predicted octanol–water partition coefficient (Wildman–Crippen LogP) is 6.22. The monoisotopic (exact) mass is 450 g/mol. The minimum absolute atomic E-state index is 0.0320. The van der Waals surface area contributed by atoms with Gasteiger partial charge in [0.05, 0.1) is 6.61 Å². The van der Waals surface area contributed by atoms with Crippen molar-refractivity contribution in [2.75, 3.05) is 19.7 Å². The summed E-state index contributed by atoms with van der Waals surface area (Å²) in [6.07, 6.45) is 5.36. The molecule has 3 rings (SSSR count). The van der Waals surface area contributed by atoms with Crippen LogP contribution in [0.4, 0.5) is 0 Å². The van der Waals surface area contributed by atoms with E-state index in [0.717, 1.165) is 50.2 Å². The fraction of sp³-hybridized carbons (Fsp3) is 0.552. The largest absolute Gasteiger partial charge is 0.493 e. The summed E-state index contributed by atoms with van der Waals surface area (Å²) in [5, 5.41) is 3.00. The van der Waals surface area contributed by atoms with Crippen LogP contribution in [0.1, 0.15) is 87.4 Å². The van der Waals surface area contributed by atoms with Gasteiger partial charge in [-0.25, -0.2) is 0 Å². The van der Waals surface area contributed by atoms with E-state index in [1.165, 1.54) is 24.0 Å². The Bertz CT molecular complexity index is 914. The lowest BCUT2D eigenvalue weighted by atomic mass is 9.92. The number of hydrogen-bond acceptors (Lipinski definition) is 3. The zero-order valence-corrected chi connectivity index (χ0v) is 21.2. The van der Waals surface area contributed by atoms with Crippen LogP contribution < -0.4 is 10.1 Å². The van der Waals surface area contributed by atoms with Gasteiger partial charge in [-0.05, 0) is 92.9 Å². The number of nitrogens with one attached hydrogen (secondary N) is 1. The summed E-state index contributed by atoms with van der Waals surface area (Å²) in [6, 6.07) is 14.9. The summed E-state index contributed by atoms with van der Waals surface area (Å²) < 4.78 is 6.19. The molecule has 33 heavy (non-hydrogen) atoms. The highest BCUT2D eigenvalue weighted by molar-refractivity contribution is 5.94. The summed E-state index contributed by atoms with van der Waals surface area (Å²) in [5.41, 5.74) is 4.72. The number of ether oxygens (including phenoxy) is 1. The minimum atomic E-state index is -0.0320. The highest BCUT2D eigenvalue weighted by Gasteiger charge is 2.16. The molecule has 1 amide bonds. The van der Waals surface area contributed by atoms with Crippen LogP contribution in [-0.2, 0) is 13.0 Å². The minimum Gasteiger partial charge on any atom is -0.493 e. The van der Waals surface area contributed by atoms with Gasteiger partial charge in [0.15, 0.2) is 0 Å². The van der Waals surface area contributed by atoms with Gasteiger partial charge in [-0.1, -0.05) is 45.0 Å². The van der Waals surface area contributed by atoms with Crippen molar-refractivity contribution in [2.24, 2.45) is 5.41 Å². The molecule has 0 aliphatic carbocycles. The molecule has 1 aliphatic rings. The van der Waals surface area contributed by atoms with Gasteiger partial charge >= 0.3 is 0 Å². The fourth-order valence-corrected chi connectivity index (χ4v) is 4.22. The van der Waals surface area contributed by atoms with Crippen LogP contribution in [0.2, 0.25) is 0 Å². The van der Waals surface area contributed by atoms with Crippen LogP contribution in [-0.4, -0.2) is 36.5 Å². The Morgan fingerprint density at radius 3 is 2.61 bits per heavy atom. The second-order valence-corrected chi connectivity index (χ2v) is 10.9. The maximum Gasteiger partial charge on any atom is 0.251 e. The van der Waals surface area contributed by atoms with Crippen molar-refractivity contribution in [3.05, 3.63) is 64.7 Å². The average molecular weight is 451 g/mol. The number of benzene rings is 2. The van der Waals surface area contributed by atoms with Gasteiger partial charge < -0.3 is 10.1 Å². The van der Waals surface area contributed by atoms with Gasteiger partial charge in [-0.3, -0.25) is 9.69 Å². The van der Waals surface area contributed by atoms with Gasteiger partial charge in [0.2, 0.25) is 0 Å². The fourth-order valence-electron chi connectivity index (χ4n) is 4.22. The average Bonchev–Trinajstić information content (AvgIpc) is 2.73. The molecule has 4 nitrogen and oxygen atoms in total. The third-order valence-electron chi connectivity index (χ3n) is 6.09. The molecular weight excluding hydrogens is 408 g/mol. The number of amides is 1. The normalized spacial score (nSPS) is 15.9. The molecule has 1 heterocycles. The van der Waals surface area contributed by atoms with E-state index in [0.29, 0.717) is 17.6 Å². The zero-order valence-electron chi connectivity index (χ0n) is 21.2.